The van der Waals surface area contributed by atoms with Crippen molar-refractivity contribution in [3.05, 3.63) is 56.6 Å². The maximum absolute atomic E-state index is 12.1. The smallest absolute Gasteiger partial charge is 0.340 e. The number of carbonyl (C=O) groups excluding carboxylic acids is 2. The molecule has 1 unspecified atom stereocenters. The minimum Gasteiger partial charge on any atom is -0.492 e. The van der Waals surface area contributed by atoms with Crippen LogP contribution < -0.4 is 9.47 Å². The molecule has 2 aromatic carbocycles. The first kappa shape index (κ1) is 18.5. The second kappa shape index (κ2) is 7.53. The van der Waals surface area contributed by atoms with Gasteiger partial charge in [0.15, 0.2) is 17.8 Å². The predicted octanol–water partition coefficient (Wildman–Crippen LogP) is 3.42. The number of rotatable bonds is 5. The molecule has 1 heterocycles. The van der Waals surface area contributed by atoms with Gasteiger partial charge in [-0.3, -0.25) is 4.79 Å². The van der Waals surface area contributed by atoms with Crippen molar-refractivity contribution in [2.75, 3.05) is 7.11 Å². The van der Waals surface area contributed by atoms with E-state index >= 15 is 0 Å². The Kier molecular flexibility index (Phi) is 5.36. The maximum atomic E-state index is 12.1. The lowest BCUT2D eigenvalue weighted by molar-refractivity contribution is -0.0688. The summed E-state index contributed by atoms with van der Waals surface area (Å²) in [6.45, 7) is 0.0706. The standard InChI is InChI=1S/C18H14Cl2O6/c1-24-17-13(7-21)11-6-16(22)26-18(23)12(11)5-15(17)25-8-9-2-3-10(19)4-14(9)20/h2-5,7,16,22H,6,8H2,1H3. The molecule has 1 aliphatic heterocycles. The Hall–Kier alpha value is -2.28. The first-order valence-corrected chi connectivity index (χ1v) is 8.35. The third-order valence-corrected chi connectivity index (χ3v) is 4.54. The van der Waals surface area contributed by atoms with Crippen LogP contribution in [0.2, 0.25) is 10.0 Å². The van der Waals surface area contributed by atoms with Crippen LogP contribution in [0, 0.1) is 0 Å². The van der Waals surface area contributed by atoms with Crippen molar-refractivity contribution in [3.8, 4) is 11.5 Å². The molecule has 0 aromatic heterocycles. The Morgan fingerprint density at radius 2 is 2.12 bits per heavy atom. The minimum absolute atomic E-state index is 0.00516. The van der Waals surface area contributed by atoms with E-state index in [4.69, 9.17) is 37.4 Å². The Morgan fingerprint density at radius 1 is 1.35 bits per heavy atom. The Bertz CT molecular complexity index is 880. The summed E-state index contributed by atoms with van der Waals surface area (Å²) in [7, 11) is 1.38. The molecule has 1 N–H and O–H groups in total. The number of halogens is 2. The zero-order chi connectivity index (χ0) is 18.8. The normalized spacial score (nSPS) is 15.8. The summed E-state index contributed by atoms with van der Waals surface area (Å²) in [5, 5.41) is 10.5. The summed E-state index contributed by atoms with van der Waals surface area (Å²) < 4.78 is 15.8. The molecule has 6 nitrogen and oxygen atoms in total. The number of benzene rings is 2. The first-order valence-electron chi connectivity index (χ1n) is 7.59. The van der Waals surface area contributed by atoms with Gasteiger partial charge in [-0.05, 0) is 23.8 Å². The van der Waals surface area contributed by atoms with Gasteiger partial charge in [-0.15, -0.1) is 0 Å². The van der Waals surface area contributed by atoms with Crippen LogP contribution in [0.25, 0.3) is 0 Å². The summed E-state index contributed by atoms with van der Waals surface area (Å²) in [5.74, 6) is -0.377. The molecule has 0 spiro atoms. The van der Waals surface area contributed by atoms with Gasteiger partial charge in [0.05, 0.1) is 18.2 Å². The summed E-state index contributed by atoms with van der Waals surface area (Å²) in [4.78, 5) is 23.6. The SMILES string of the molecule is COc1c(OCc2ccc(Cl)cc2Cl)cc2c(c1C=O)CC(O)OC2=O. The molecule has 0 saturated carbocycles. The summed E-state index contributed by atoms with van der Waals surface area (Å²) in [5.41, 5.74) is 1.31. The number of aliphatic hydroxyl groups is 1. The molecule has 0 bridgehead atoms. The van der Waals surface area contributed by atoms with Gasteiger partial charge < -0.3 is 19.3 Å². The van der Waals surface area contributed by atoms with Crippen molar-refractivity contribution < 1.29 is 28.9 Å². The van der Waals surface area contributed by atoms with E-state index in [1.165, 1.54) is 13.2 Å². The average Bonchev–Trinajstić information content (AvgIpc) is 2.60. The second-order valence-electron chi connectivity index (χ2n) is 5.55. The molecular formula is C18H14Cl2O6. The number of cyclic esters (lactones) is 1. The van der Waals surface area contributed by atoms with Gasteiger partial charge >= 0.3 is 5.97 Å². The van der Waals surface area contributed by atoms with Gasteiger partial charge in [-0.2, -0.15) is 0 Å². The van der Waals surface area contributed by atoms with E-state index in [0.717, 1.165) is 0 Å². The van der Waals surface area contributed by atoms with Crippen LogP contribution in [0.3, 0.4) is 0 Å². The largest absolute Gasteiger partial charge is 0.492 e. The van der Waals surface area contributed by atoms with E-state index in [9.17, 15) is 14.7 Å². The van der Waals surface area contributed by atoms with Crippen LogP contribution >= 0.6 is 23.2 Å². The molecule has 0 amide bonds. The maximum Gasteiger partial charge on any atom is 0.340 e. The van der Waals surface area contributed by atoms with E-state index in [1.54, 1.807) is 18.2 Å². The fraction of sp³-hybridized carbons (Fsp3) is 0.222. The van der Waals surface area contributed by atoms with Gasteiger partial charge in [-0.25, -0.2) is 4.79 Å². The molecule has 136 valence electrons. The predicted molar refractivity (Wildman–Crippen MR) is 94.3 cm³/mol. The zero-order valence-electron chi connectivity index (χ0n) is 13.6. The third-order valence-electron chi connectivity index (χ3n) is 3.96. The number of aldehydes is 1. The molecule has 0 radical (unpaired) electrons. The Balaban J connectivity index is 2.00. The topological polar surface area (TPSA) is 82.1 Å². The van der Waals surface area contributed by atoms with Gasteiger partial charge in [0.1, 0.15) is 6.61 Å². The highest BCUT2D eigenvalue weighted by Gasteiger charge is 2.31. The summed E-state index contributed by atoms with van der Waals surface area (Å²) >= 11 is 12.0. The number of methoxy groups -OCH3 is 1. The fourth-order valence-corrected chi connectivity index (χ4v) is 3.20. The number of esters is 1. The van der Waals surface area contributed by atoms with Crippen LogP contribution in [-0.4, -0.2) is 30.8 Å². The fourth-order valence-electron chi connectivity index (χ4n) is 2.74. The van der Waals surface area contributed by atoms with E-state index in [-0.39, 0.29) is 35.7 Å². The van der Waals surface area contributed by atoms with Crippen molar-refractivity contribution in [3.63, 3.8) is 0 Å². The first-order chi connectivity index (χ1) is 12.4. The van der Waals surface area contributed by atoms with Crippen LogP contribution in [0.15, 0.2) is 24.3 Å². The van der Waals surface area contributed by atoms with Gasteiger partial charge in [0.25, 0.3) is 0 Å². The minimum atomic E-state index is -1.31. The number of fused-ring (bicyclic) bond motifs is 1. The molecule has 0 saturated heterocycles. The lowest BCUT2D eigenvalue weighted by atomic mass is 9.95. The van der Waals surface area contributed by atoms with Crippen LogP contribution in [-0.2, 0) is 17.8 Å². The summed E-state index contributed by atoms with van der Waals surface area (Å²) in [6.07, 6.45) is -0.752. The number of hydrogen-bond donors (Lipinski definition) is 1. The van der Waals surface area contributed by atoms with Crippen LogP contribution in [0.5, 0.6) is 11.5 Å². The molecule has 8 heteroatoms. The molecular weight excluding hydrogens is 383 g/mol. The van der Waals surface area contributed by atoms with Crippen molar-refractivity contribution >= 4 is 35.5 Å². The molecule has 0 fully saturated rings. The third kappa shape index (κ3) is 3.49. The van der Waals surface area contributed by atoms with Gasteiger partial charge in [0.2, 0.25) is 6.29 Å². The highest BCUT2D eigenvalue weighted by atomic mass is 35.5. The molecule has 3 rings (SSSR count). The quantitative estimate of drug-likeness (QED) is 0.615. The molecule has 1 aliphatic rings. The lowest BCUT2D eigenvalue weighted by Crippen LogP contribution is -2.28. The van der Waals surface area contributed by atoms with Crippen molar-refractivity contribution in [1.82, 2.24) is 0 Å². The second-order valence-corrected chi connectivity index (χ2v) is 6.40. The van der Waals surface area contributed by atoms with Crippen molar-refractivity contribution in [1.29, 1.82) is 0 Å². The van der Waals surface area contributed by atoms with E-state index < -0.39 is 12.3 Å². The molecule has 2 aromatic rings. The molecule has 1 atom stereocenters. The van der Waals surface area contributed by atoms with Crippen molar-refractivity contribution in [2.24, 2.45) is 0 Å². The molecule has 0 aliphatic carbocycles. The van der Waals surface area contributed by atoms with E-state index in [2.05, 4.69) is 0 Å². The van der Waals surface area contributed by atoms with Gasteiger partial charge in [-0.1, -0.05) is 29.3 Å². The molecule has 26 heavy (non-hydrogen) atoms. The number of aliphatic hydroxyl groups excluding tert-OH is 1. The zero-order valence-corrected chi connectivity index (χ0v) is 15.1. The summed E-state index contributed by atoms with van der Waals surface area (Å²) in [6, 6.07) is 6.40. The number of carbonyl (C=O) groups is 2. The van der Waals surface area contributed by atoms with Crippen molar-refractivity contribution in [2.45, 2.75) is 19.3 Å². The van der Waals surface area contributed by atoms with E-state index in [0.29, 0.717) is 27.5 Å². The van der Waals surface area contributed by atoms with Gasteiger partial charge in [0, 0.05) is 22.0 Å². The van der Waals surface area contributed by atoms with Crippen LogP contribution in [0.4, 0.5) is 0 Å². The highest BCUT2D eigenvalue weighted by Crippen LogP contribution is 2.38. The number of hydrogen-bond acceptors (Lipinski definition) is 6. The van der Waals surface area contributed by atoms with Crippen LogP contribution in [0.1, 0.15) is 31.8 Å². The monoisotopic (exact) mass is 396 g/mol. The lowest BCUT2D eigenvalue weighted by Gasteiger charge is -2.24. The number of ether oxygens (including phenoxy) is 3. The highest BCUT2D eigenvalue weighted by molar-refractivity contribution is 6.35. The Labute approximate surface area is 159 Å². The average molecular weight is 397 g/mol. The van der Waals surface area contributed by atoms with E-state index in [1.807, 2.05) is 0 Å². The Morgan fingerprint density at radius 3 is 2.77 bits per heavy atom.